The summed E-state index contributed by atoms with van der Waals surface area (Å²) in [5.74, 6) is 0.263. The summed E-state index contributed by atoms with van der Waals surface area (Å²) < 4.78 is 13.7. The van der Waals surface area contributed by atoms with Gasteiger partial charge >= 0.3 is 0 Å². The second-order valence-corrected chi connectivity index (χ2v) is 5.00. The summed E-state index contributed by atoms with van der Waals surface area (Å²) in [5, 5.41) is 3.03. The SMILES string of the molecule is NC(=S)c1cnc(Nc2ccc(F)cc2I)cn1. The molecule has 92 valence electrons. The van der Waals surface area contributed by atoms with Gasteiger partial charge in [-0.15, -0.1) is 0 Å². The molecule has 0 fully saturated rings. The highest BCUT2D eigenvalue weighted by atomic mass is 127. The molecule has 1 heterocycles. The Hall–Kier alpha value is -1.35. The third kappa shape index (κ3) is 3.10. The topological polar surface area (TPSA) is 63.8 Å². The molecule has 1 aromatic heterocycles. The monoisotopic (exact) mass is 374 g/mol. The van der Waals surface area contributed by atoms with Crippen LogP contribution in [0.4, 0.5) is 15.9 Å². The van der Waals surface area contributed by atoms with Gasteiger partial charge in [-0.1, -0.05) is 12.2 Å². The Morgan fingerprint density at radius 2 is 2.11 bits per heavy atom. The average molecular weight is 374 g/mol. The zero-order chi connectivity index (χ0) is 13.1. The second kappa shape index (κ2) is 5.53. The first-order valence-corrected chi connectivity index (χ1v) is 6.39. The number of anilines is 2. The molecule has 0 unspecified atom stereocenters. The third-order valence-electron chi connectivity index (χ3n) is 2.10. The zero-order valence-corrected chi connectivity index (χ0v) is 12.0. The molecule has 0 radical (unpaired) electrons. The lowest BCUT2D eigenvalue weighted by molar-refractivity contribution is 0.627. The van der Waals surface area contributed by atoms with Crippen LogP contribution < -0.4 is 11.1 Å². The van der Waals surface area contributed by atoms with Crippen LogP contribution in [0.2, 0.25) is 0 Å². The van der Waals surface area contributed by atoms with Crippen LogP contribution in [0.25, 0.3) is 0 Å². The molecule has 0 saturated heterocycles. The summed E-state index contributed by atoms with van der Waals surface area (Å²) in [6.07, 6.45) is 3.01. The summed E-state index contributed by atoms with van der Waals surface area (Å²) in [4.78, 5) is 8.37. The highest BCUT2D eigenvalue weighted by Gasteiger charge is 2.04. The number of thiocarbonyl (C=S) groups is 1. The molecule has 0 spiro atoms. The molecule has 0 amide bonds. The van der Waals surface area contributed by atoms with Gasteiger partial charge in [-0.25, -0.2) is 14.4 Å². The minimum absolute atomic E-state index is 0.199. The van der Waals surface area contributed by atoms with Crippen molar-refractivity contribution in [3.05, 3.63) is 45.7 Å². The van der Waals surface area contributed by atoms with E-state index in [1.807, 2.05) is 22.6 Å². The molecule has 0 bridgehead atoms. The number of nitrogens with one attached hydrogen (secondary N) is 1. The van der Waals surface area contributed by atoms with Crippen LogP contribution in [0.1, 0.15) is 5.69 Å². The van der Waals surface area contributed by atoms with Gasteiger partial charge in [0.15, 0.2) is 0 Å². The van der Waals surface area contributed by atoms with Gasteiger partial charge in [0.05, 0.1) is 18.1 Å². The van der Waals surface area contributed by atoms with Crippen LogP contribution in [0.15, 0.2) is 30.6 Å². The molecule has 0 atom stereocenters. The summed E-state index contributed by atoms with van der Waals surface area (Å²) in [6, 6.07) is 4.45. The van der Waals surface area contributed by atoms with Gasteiger partial charge in [-0.05, 0) is 40.8 Å². The van der Waals surface area contributed by atoms with Crippen molar-refractivity contribution in [1.29, 1.82) is 0 Å². The quantitative estimate of drug-likeness (QED) is 0.639. The van der Waals surface area contributed by atoms with Crippen molar-refractivity contribution in [3.63, 3.8) is 0 Å². The lowest BCUT2D eigenvalue weighted by atomic mass is 10.3. The molecule has 1 aromatic carbocycles. The third-order valence-corrected chi connectivity index (χ3v) is 3.20. The molecule has 7 heteroatoms. The lowest BCUT2D eigenvalue weighted by Crippen LogP contribution is -2.12. The number of hydrogen-bond acceptors (Lipinski definition) is 4. The van der Waals surface area contributed by atoms with Crippen molar-refractivity contribution < 1.29 is 4.39 Å². The largest absolute Gasteiger partial charge is 0.388 e. The number of aromatic nitrogens is 2. The Morgan fingerprint density at radius 3 is 2.67 bits per heavy atom. The zero-order valence-electron chi connectivity index (χ0n) is 9.02. The van der Waals surface area contributed by atoms with Gasteiger partial charge in [-0.3, -0.25) is 0 Å². The molecule has 18 heavy (non-hydrogen) atoms. The minimum atomic E-state index is -0.278. The molecule has 2 rings (SSSR count). The van der Waals surface area contributed by atoms with E-state index >= 15 is 0 Å². The van der Waals surface area contributed by atoms with Crippen molar-refractivity contribution in [2.24, 2.45) is 5.73 Å². The van der Waals surface area contributed by atoms with Gasteiger partial charge in [-0.2, -0.15) is 0 Å². The molecule has 0 aliphatic heterocycles. The fourth-order valence-corrected chi connectivity index (χ4v) is 1.97. The number of hydrogen-bond donors (Lipinski definition) is 2. The van der Waals surface area contributed by atoms with E-state index in [1.54, 1.807) is 6.07 Å². The van der Waals surface area contributed by atoms with Gasteiger partial charge < -0.3 is 11.1 Å². The molecule has 0 aliphatic rings. The summed E-state index contributed by atoms with van der Waals surface area (Å²) in [7, 11) is 0. The molecule has 0 aliphatic carbocycles. The number of benzene rings is 1. The van der Waals surface area contributed by atoms with Gasteiger partial charge in [0.2, 0.25) is 0 Å². The summed E-state index contributed by atoms with van der Waals surface area (Å²) in [6.45, 7) is 0. The smallest absolute Gasteiger partial charge is 0.148 e. The van der Waals surface area contributed by atoms with E-state index in [1.165, 1.54) is 24.5 Å². The van der Waals surface area contributed by atoms with E-state index in [9.17, 15) is 4.39 Å². The Bertz CT molecular complexity index is 588. The molecule has 0 saturated carbocycles. The highest BCUT2D eigenvalue weighted by molar-refractivity contribution is 14.1. The number of halogens is 2. The lowest BCUT2D eigenvalue weighted by Gasteiger charge is -2.07. The van der Waals surface area contributed by atoms with Crippen molar-refractivity contribution in [2.75, 3.05) is 5.32 Å². The second-order valence-electron chi connectivity index (χ2n) is 3.40. The normalized spacial score (nSPS) is 10.1. The van der Waals surface area contributed by atoms with E-state index in [0.717, 1.165) is 9.26 Å². The maximum Gasteiger partial charge on any atom is 0.148 e. The van der Waals surface area contributed by atoms with Crippen LogP contribution in [0.5, 0.6) is 0 Å². The van der Waals surface area contributed by atoms with Crippen molar-refractivity contribution in [1.82, 2.24) is 9.97 Å². The van der Waals surface area contributed by atoms with E-state index in [-0.39, 0.29) is 10.8 Å². The standard InChI is InChI=1S/C11H8FIN4S/c12-6-1-2-8(7(13)3-6)17-10-5-15-9(4-16-10)11(14)18/h1-5H,(H2,14,18)(H,16,17). The molecule has 4 nitrogen and oxygen atoms in total. The van der Waals surface area contributed by atoms with E-state index in [4.69, 9.17) is 18.0 Å². The van der Waals surface area contributed by atoms with Crippen LogP contribution in [-0.4, -0.2) is 15.0 Å². The van der Waals surface area contributed by atoms with Gasteiger partial charge in [0.1, 0.15) is 22.3 Å². The average Bonchev–Trinajstić information content (AvgIpc) is 2.33. The predicted molar refractivity (Wildman–Crippen MR) is 80.3 cm³/mol. The van der Waals surface area contributed by atoms with E-state index < -0.39 is 0 Å². The van der Waals surface area contributed by atoms with Crippen molar-refractivity contribution >= 4 is 51.3 Å². The summed E-state index contributed by atoms with van der Waals surface area (Å²) in [5.41, 5.74) is 6.64. The fourth-order valence-electron chi connectivity index (χ4n) is 1.25. The van der Waals surface area contributed by atoms with Gasteiger partial charge in [0, 0.05) is 3.57 Å². The number of rotatable bonds is 3. The number of nitrogens with two attached hydrogens (primary N) is 1. The van der Waals surface area contributed by atoms with Crippen LogP contribution >= 0.6 is 34.8 Å². The summed E-state index contributed by atoms with van der Waals surface area (Å²) >= 11 is 6.82. The maximum atomic E-state index is 12.9. The Morgan fingerprint density at radius 1 is 1.33 bits per heavy atom. The first-order chi connectivity index (χ1) is 8.56. The first-order valence-electron chi connectivity index (χ1n) is 4.90. The van der Waals surface area contributed by atoms with Crippen LogP contribution in [-0.2, 0) is 0 Å². The maximum absolute atomic E-state index is 12.9. The van der Waals surface area contributed by atoms with E-state index in [0.29, 0.717) is 11.5 Å². The van der Waals surface area contributed by atoms with Gasteiger partial charge in [0.25, 0.3) is 0 Å². The Kier molecular flexibility index (Phi) is 4.02. The molecular weight excluding hydrogens is 366 g/mol. The molecule has 3 N–H and O–H groups in total. The minimum Gasteiger partial charge on any atom is -0.388 e. The fraction of sp³-hybridized carbons (Fsp3) is 0. The van der Waals surface area contributed by atoms with Crippen LogP contribution in [0, 0.1) is 9.39 Å². The first kappa shape index (κ1) is 13.1. The predicted octanol–water partition coefficient (Wildman–Crippen LogP) is 2.60. The Labute approximate surface area is 122 Å². The number of nitrogens with zero attached hydrogens (tertiary/aromatic N) is 2. The van der Waals surface area contributed by atoms with E-state index in [2.05, 4.69) is 15.3 Å². The molecular formula is C11H8FIN4S. The highest BCUT2D eigenvalue weighted by Crippen LogP contribution is 2.21. The van der Waals surface area contributed by atoms with Crippen molar-refractivity contribution in [3.8, 4) is 0 Å². The van der Waals surface area contributed by atoms with Crippen LogP contribution in [0.3, 0.4) is 0 Å². The Balaban J connectivity index is 2.21. The van der Waals surface area contributed by atoms with Crippen molar-refractivity contribution in [2.45, 2.75) is 0 Å². The molecule has 2 aromatic rings.